The SMILES string of the molecule is C=C1N(Cc2ccccc2)C(=S)N[C@@H](c2cccc(Br)c2)C1(C)C.C=C1N(Cc2ccccc2)C(=S)N[C@@H](c2cccc(Br)c2)C1(C)C. The second kappa shape index (κ2) is 15.1. The summed E-state index contributed by atoms with van der Waals surface area (Å²) in [6, 6.07) is 37.6. The van der Waals surface area contributed by atoms with Crippen molar-refractivity contribution in [2.24, 2.45) is 10.8 Å². The molecular weight excluding hydrogens is 760 g/mol. The Morgan fingerprint density at radius 3 is 1.27 bits per heavy atom. The lowest BCUT2D eigenvalue weighted by Crippen LogP contribution is -2.54. The van der Waals surface area contributed by atoms with E-state index in [4.69, 9.17) is 24.4 Å². The molecule has 0 spiro atoms. The molecule has 2 aliphatic heterocycles. The van der Waals surface area contributed by atoms with E-state index in [9.17, 15) is 0 Å². The zero-order chi connectivity index (χ0) is 34.6. The average molecular weight is 803 g/mol. The smallest absolute Gasteiger partial charge is 0.174 e. The van der Waals surface area contributed by atoms with Crippen LogP contribution in [0.4, 0.5) is 0 Å². The van der Waals surface area contributed by atoms with Crippen LogP contribution >= 0.6 is 56.3 Å². The van der Waals surface area contributed by atoms with Crippen LogP contribution < -0.4 is 10.6 Å². The number of nitrogens with zero attached hydrogens (tertiary/aromatic N) is 2. The first-order valence-electron chi connectivity index (χ1n) is 15.9. The Bertz CT molecular complexity index is 1670. The van der Waals surface area contributed by atoms with Crippen LogP contribution in [0, 0.1) is 10.8 Å². The maximum absolute atomic E-state index is 5.66. The van der Waals surface area contributed by atoms with Crippen LogP contribution in [0.3, 0.4) is 0 Å². The second-order valence-corrected chi connectivity index (χ2v) is 16.0. The Kier molecular flexibility index (Phi) is 11.3. The van der Waals surface area contributed by atoms with Crippen LogP contribution in [-0.2, 0) is 13.1 Å². The van der Waals surface area contributed by atoms with Gasteiger partial charge in [0.2, 0.25) is 0 Å². The maximum Gasteiger partial charge on any atom is 0.174 e. The molecule has 2 saturated heterocycles. The number of benzene rings is 4. The van der Waals surface area contributed by atoms with Crippen LogP contribution in [-0.4, -0.2) is 20.0 Å². The fourth-order valence-electron chi connectivity index (χ4n) is 6.28. The average Bonchev–Trinajstić information content (AvgIpc) is 3.06. The predicted molar refractivity (Wildman–Crippen MR) is 215 cm³/mol. The van der Waals surface area contributed by atoms with Crippen LogP contribution in [0.25, 0.3) is 0 Å². The van der Waals surface area contributed by atoms with E-state index in [1.54, 1.807) is 0 Å². The quantitative estimate of drug-likeness (QED) is 0.189. The van der Waals surface area contributed by atoms with Gasteiger partial charge in [0.15, 0.2) is 10.2 Å². The molecule has 0 aliphatic carbocycles. The molecule has 0 amide bonds. The third kappa shape index (κ3) is 7.94. The van der Waals surface area contributed by atoms with Gasteiger partial charge >= 0.3 is 0 Å². The van der Waals surface area contributed by atoms with E-state index < -0.39 is 0 Å². The largest absolute Gasteiger partial charge is 0.355 e. The Balaban J connectivity index is 0.000000188. The lowest BCUT2D eigenvalue weighted by Gasteiger charge is -2.48. The molecule has 8 heteroatoms. The van der Waals surface area contributed by atoms with Crippen molar-refractivity contribution in [3.63, 3.8) is 0 Å². The Hall–Kier alpha value is -3.30. The molecule has 4 aromatic rings. The summed E-state index contributed by atoms with van der Waals surface area (Å²) in [5.74, 6) is 0. The molecule has 2 fully saturated rings. The molecule has 0 aromatic heterocycles. The topological polar surface area (TPSA) is 30.5 Å². The van der Waals surface area contributed by atoms with E-state index in [1.165, 1.54) is 22.3 Å². The van der Waals surface area contributed by atoms with Crippen molar-refractivity contribution in [1.29, 1.82) is 0 Å². The molecule has 0 unspecified atom stereocenters. The van der Waals surface area contributed by atoms with Gasteiger partial charge in [0, 0.05) is 44.3 Å². The maximum atomic E-state index is 5.66. The molecular formula is C40H42Br2N4S2. The van der Waals surface area contributed by atoms with Crippen molar-refractivity contribution >= 4 is 66.5 Å². The minimum absolute atomic E-state index is 0.0991. The van der Waals surface area contributed by atoms with Crippen LogP contribution in [0.2, 0.25) is 0 Å². The van der Waals surface area contributed by atoms with Gasteiger partial charge in [-0.05, 0) is 71.0 Å². The lowest BCUT2D eigenvalue weighted by molar-refractivity contribution is 0.225. The summed E-state index contributed by atoms with van der Waals surface area (Å²) in [5.41, 5.74) is 6.63. The molecule has 4 aromatic carbocycles. The van der Waals surface area contributed by atoms with E-state index in [0.717, 1.165) is 43.7 Å². The molecule has 248 valence electrons. The summed E-state index contributed by atoms with van der Waals surface area (Å²) >= 11 is 18.4. The number of nitrogens with one attached hydrogen (secondary N) is 2. The first-order valence-corrected chi connectivity index (χ1v) is 18.3. The lowest BCUT2D eigenvalue weighted by atomic mass is 9.76. The third-order valence-corrected chi connectivity index (χ3v) is 11.0. The second-order valence-electron chi connectivity index (χ2n) is 13.4. The fraction of sp³-hybridized carbons (Fsp3) is 0.250. The Morgan fingerprint density at radius 2 is 0.938 bits per heavy atom. The predicted octanol–water partition coefficient (Wildman–Crippen LogP) is 10.8. The van der Waals surface area contributed by atoms with Gasteiger partial charge in [0.1, 0.15) is 0 Å². The molecule has 2 atom stereocenters. The fourth-order valence-corrected chi connectivity index (χ4v) is 7.70. The summed E-state index contributed by atoms with van der Waals surface area (Å²) in [6.45, 7) is 19.1. The molecule has 2 heterocycles. The third-order valence-electron chi connectivity index (χ3n) is 9.34. The highest BCUT2D eigenvalue weighted by molar-refractivity contribution is 9.10. The van der Waals surface area contributed by atoms with Gasteiger partial charge < -0.3 is 20.4 Å². The summed E-state index contributed by atoms with van der Waals surface area (Å²) in [6.07, 6.45) is 0. The number of thiocarbonyl (C=S) groups is 2. The standard InChI is InChI=1S/2C20H21BrN2S/c2*1-14-20(2,3)18(16-10-7-11-17(21)12-16)22-19(24)23(14)13-15-8-5-4-6-9-15/h2*4-12,18H,1,13H2,2-3H3,(H,22,24)/t2*18-/m00/s1. The monoisotopic (exact) mass is 800 g/mol. The highest BCUT2D eigenvalue weighted by atomic mass is 79.9. The normalized spacial score (nSPS) is 20.0. The number of halogens is 2. The minimum Gasteiger partial charge on any atom is -0.355 e. The van der Waals surface area contributed by atoms with Gasteiger partial charge in [-0.15, -0.1) is 0 Å². The van der Waals surface area contributed by atoms with E-state index in [1.807, 2.05) is 48.5 Å². The molecule has 2 aliphatic rings. The van der Waals surface area contributed by atoms with Gasteiger partial charge in [-0.2, -0.15) is 0 Å². The molecule has 0 bridgehead atoms. The van der Waals surface area contributed by atoms with Crippen molar-refractivity contribution in [2.45, 2.75) is 52.9 Å². The molecule has 4 nitrogen and oxygen atoms in total. The zero-order valence-corrected chi connectivity index (χ0v) is 32.6. The number of hydrogen-bond donors (Lipinski definition) is 2. The number of hydrogen-bond acceptors (Lipinski definition) is 2. The van der Waals surface area contributed by atoms with Crippen molar-refractivity contribution < 1.29 is 0 Å². The van der Waals surface area contributed by atoms with E-state index >= 15 is 0 Å². The van der Waals surface area contributed by atoms with Crippen LogP contribution in [0.1, 0.15) is 62.0 Å². The van der Waals surface area contributed by atoms with Gasteiger partial charge in [-0.25, -0.2) is 0 Å². The first kappa shape index (κ1) is 36.0. The van der Waals surface area contributed by atoms with Crippen LogP contribution in [0.15, 0.2) is 143 Å². The van der Waals surface area contributed by atoms with Gasteiger partial charge in [0.25, 0.3) is 0 Å². The van der Waals surface area contributed by atoms with E-state index in [2.05, 4.69) is 154 Å². The van der Waals surface area contributed by atoms with Crippen molar-refractivity contribution in [2.75, 3.05) is 0 Å². The molecule has 6 rings (SSSR count). The molecule has 0 saturated carbocycles. The van der Waals surface area contributed by atoms with Gasteiger partial charge in [-0.1, -0.05) is 158 Å². The van der Waals surface area contributed by atoms with Crippen molar-refractivity contribution in [1.82, 2.24) is 20.4 Å². The minimum atomic E-state index is -0.155. The zero-order valence-electron chi connectivity index (χ0n) is 27.8. The first-order chi connectivity index (χ1) is 22.8. The Morgan fingerprint density at radius 1 is 0.583 bits per heavy atom. The van der Waals surface area contributed by atoms with E-state index in [-0.39, 0.29) is 22.9 Å². The van der Waals surface area contributed by atoms with Crippen molar-refractivity contribution in [3.05, 3.63) is 165 Å². The summed E-state index contributed by atoms with van der Waals surface area (Å²) in [7, 11) is 0. The molecule has 2 N–H and O–H groups in total. The highest BCUT2D eigenvalue weighted by Gasteiger charge is 2.43. The summed E-state index contributed by atoms with van der Waals surface area (Å²) in [4.78, 5) is 4.22. The summed E-state index contributed by atoms with van der Waals surface area (Å²) < 4.78 is 2.14. The van der Waals surface area contributed by atoms with Gasteiger partial charge in [0.05, 0.1) is 12.1 Å². The summed E-state index contributed by atoms with van der Waals surface area (Å²) in [5, 5.41) is 8.51. The van der Waals surface area contributed by atoms with Gasteiger partial charge in [-0.3, -0.25) is 0 Å². The van der Waals surface area contributed by atoms with E-state index in [0.29, 0.717) is 0 Å². The highest BCUT2D eigenvalue weighted by Crippen LogP contribution is 2.46. The Labute approximate surface area is 313 Å². The number of rotatable bonds is 6. The van der Waals surface area contributed by atoms with Crippen LogP contribution in [0.5, 0.6) is 0 Å². The van der Waals surface area contributed by atoms with Crippen molar-refractivity contribution in [3.8, 4) is 0 Å². The molecule has 0 radical (unpaired) electrons. The molecule has 48 heavy (non-hydrogen) atoms.